The molecule has 2 aliphatic rings. The first kappa shape index (κ1) is 14.7. The molecule has 22 heavy (non-hydrogen) atoms. The molecule has 0 N–H and O–H groups in total. The molecule has 0 saturated carbocycles. The summed E-state index contributed by atoms with van der Waals surface area (Å²) in [7, 11) is 2.95. The first-order valence-corrected chi connectivity index (χ1v) is 7.30. The molecule has 0 aromatic heterocycles. The predicted octanol–water partition coefficient (Wildman–Crippen LogP) is 2.26. The molecule has 0 unspecified atom stereocenters. The van der Waals surface area contributed by atoms with Gasteiger partial charge in [-0.05, 0) is 12.1 Å². The van der Waals surface area contributed by atoms with E-state index in [9.17, 15) is 9.59 Å². The molecule has 6 heteroatoms. The Morgan fingerprint density at radius 2 is 2.00 bits per heavy atom. The second kappa shape index (κ2) is 5.51. The monoisotopic (exact) mass is 305 g/mol. The summed E-state index contributed by atoms with van der Waals surface area (Å²) in [6.45, 7) is 1.05. The lowest BCUT2D eigenvalue weighted by Gasteiger charge is -2.43. The number of fused-ring (bicyclic) bond motifs is 1. The van der Waals surface area contributed by atoms with Crippen molar-refractivity contribution in [1.82, 2.24) is 4.90 Å². The lowest BCUT2D eigenvalue weighted by Crippen LogP contribution is -2.52. The molecule has 0 bridgehead atoms. The number of Topliss-reactive ketones (excluding diaryl/α,β-unsaturated/α-hetero) is 1. The second-order valence-electron chi connectivity index (χ2n) is 5.70. The topological polar surface area (TPSA) is 65.1 Å². The van der Waals surface area contributed by atoms with Gasteiger partial charge in [0.2, 0.25) is 0 Å². The Hall–Kier alpha value is -2.24. The quantitative estimate of drug-likeness (QED) is 0.796. The summed E-state index contributed by atoms with van der Waals surface area (Å²) in [5.74, 6) is 1.31. The Kier molecular flexibility index (Phi) is 3.68. The van der Waals surface area contributed by atoms with Crippen molar-refractivity contribution in [3.8, 4) is 11.5 Å². The van der Waals surface area contributed by atoms with Gasteiger partial charge in [0.05, 0.1) is 26.2 Å². The molecule has 118 valence electrons. The molecule has 1 aromatic rings. The smallest absolute Gasteiger partial charge is 0.409 e. The van der Waals surface area contributed by atoms with Gasteiger partial charge >= 0.3 is 6.09 Å². The van der Waals surface area contributed by atoms with Gasteiger partial charge in [0.25, 0.3) is 0 Å². The number of hydrogen-bond acceptors (Lipinski definition) is 5. The SMILES string of the molecule is COC(=O)N1CCC2(CC1)CC(=O)c1ccc(OC)cc1O2. The Morgan fingerprint density at radius 3 is 2.64 bits per heavy atom. The molecule has 2 aliphatic heterocycles. The zero-order valence-electron chi connectivity index (χ0n) is 12.8. The molecule has 1 spiro atoms. The lowest BCUT2D eigenvalue weighted by molar-refractivity contribution is -0.00717. The third kappa shape index (κ3) is 2.49. The minimum absolute atomic E-state index is 0.0791. The number of rotatable bonds is 1. The Labute approximate surface area is 128 Å². The number of benzene rings is 1. The molecule has 1 saturated heterocycles. The number of likely N-dealkylation sites (tertiary alicyclic amines) is 1. The van der Waals surface area contributed by atoms with Gasteiger partial charge in [-0.25, -0.2) is 4.79 Å². The molecular formula is C16H19NO5. The van der Waals surface area contributed by atoms with E-state index in [0.717, 1.165) is 0 Å². The number of amides is 1. The van der Waals surface area contributed by atoms with Gasteiger partial charge in [-0.2, -0.15) is 0 Å². The van der Waals surface area contributed by atoms with Crippen molar-refractivity contribution in [1.29, 1.82) is 0 Å². The third-order valence-corrected chi connectivity index (χ3v) is 4.41. The second-order valence-corrected chi connectivity index (χ2v) is 5.70. The summed E-state index contributed by atoms with van der Waals surface area (Å²) in [6, 6.07) is 5.26. The fraction of sp³-hybridized carbons (Fsp3) is 0.500. The Balaban J connectivity index is 1.80. The van der Waals surface area contributed by atoms with E-state index >= 15 is 0 Å². The molecule has 1 aromatic carbocycles. The van der Waals surface area contributed by atoms with E-state index in [2.05, 4.69) is 0 Å². The van der Waals surface area contributed by atoms with Crippen LogP contribution in [0.25, 0.3) is 0 Å². The van der Waals surface area contributed by atoms with Gasteiger partial charge in [-0.1, -0.05) is 0 Å². The van der Waals surface area contributed by atoms with E-state index in [0.29, 0.717) is 49.4 Å². The van der Waals surface area contributed by atoms with Gasteiger partial charge < -0.3 is 19.1 Å². The number of nitrogens with zero attached hydrogens (tertiary/aromatic N) is 1. The molecule has 3 rings (SSSR count). The molecular weight excluding hydrogens is 286 g/mol. The number of methoxy groups -OCH3 is 2. The van der Waals surface area contributed by atoms with Crippen LogP contribution >= 0.6 is 0 Å². The Morgan fingerprint density at radius 1 is 1.27 bits per heavy atom. The van der Waals surface area contributed by atoms with Crippen LogP contribution in [0, 0.1) is 0 Å². The molecule has 0 aliphatic carbocycles. The fourth-order valence-electron chi connectivity index (χ4n) is 3.11. The normalized spacial score (nSPS) is 19.4. The van der Waals surface area contributed by atoms with Crippen LogP contribution in [0.1, 0.15) is 29.6 Å². The summed E-state index contributed by atoms with van der Waals surface area (Å²) >= 11 is 0. The predicted molar refractivity (Wildman–Crippen MR) is 78.5 cm³/mol. The zero-order chi connectivity index (χ0) is 15.7. The Bertz CT molecular complexity index is 605. The number of carbonyl (C=O) groups is 2. The highest BCUT2D eigenvalue weighted by Gasteiger charge is 2.43. The average molecular weight is 305 g/mol. The van der Waals surface area contributed by atoms with E-state index in [1.165, 1.54) is 7.11 Å². The van der Waals surface area contributed by atoms with Gasteiger partial charge in [0.15, 0.2) is 5.78 Å². The molecule has 1 amide bonds. The molecule has 2 heterocycles. The van der Waals surface area contributed by atoms with E-state index in [-0.39, 0.29) is 11.9 Å². The maximum absolute atomic E-state index is 12.4. The van der Waals surface area contributed by atoms with Gasteiger partial charge in [-0.3, -0.25) is 4.79 Å². The lowest BCUT2D eigenvalue weighted by atomic mass is 9.82. The summed E-state index contributed by atoms with van der Waals surface area (Å²) in [5.41, 5.74) is 0.0721. The van der Waals surface area contributed by atoms with Crippen molar-refractivity contribution >= 4 is 11.9 Å². The zero-order valence-corrected chi connectivity index (χ0v) is 12.8. The number of carbonyl (C=O) groups excluding carboxylic acids is 2. The molecule has 6 nitrogen and oxygen atoms in total. The molecule has 0 atom stereocenters. The van der Waals surface area contributed by atoms with Crippen LogP contribution in [-0.4, -0.2) is 49.7 Å². The summed E-state index contributed by atoms with van der Waals surface area (Å²) in [5, 5.41) is 0. The maximum Gasteiger partial charge on any atom is 0.409 e. The minimum Gasteiger partial charge on any atom is -0.497 e. The van der Waals surface area contributed by atoms with Crippen LogP contribution in [-0.2, 0) is 4.74 Å². The van der Waals surface area contributed by atoms with E-state index in [1.807, 2.05) is 0 Å². The van der Waals surface area contributed by atoms with E-state index < -0.39 is 5.60 Å². The fourth-order valence-corrected chi connectivity index (χ4v) is 3.11. The highest BCUT2D eigenvalue weighted by molar-refractivity contribution is 6.00. The first-order valence-electron chi connectivity index (χ1n) is 7.30. The van der Waals surface area contributed by atoms with E-state index in [1.54, 1.807) is 30.2 Å². The maximum atomic E-state index is 12.4. The number of ether oxygens (including phenoxy) is 3. The number of ketones is 1. The van der Waals surface area contributed by atoms with Crippen molar-refractivity contribution < 1.29 is 23.8 Å². The molecule has 0 radical (unpaired) electrons. The largest absolute Gasteiger partial charge is 0.497 e. The van der Waals surface area contributed by atoms with Crippen LogP contribution in [0.15, 0.2) is 18.2 Å². The van der Waals surface area contributed by atoms with Crippen molar-refractivity contribution in [3.63, 3.8) is 0 Å². The highest BCUT2D eigenvalue weighted by atomic mass is 16.5. The van der Waals surface area contributed by atoms with Crippen molar-refractivity contribution in [2.24, 2.45) is 0 Å². The van der Waals surface area contributed by atoms with Crippen molar-refractivity contribution in [3.05, 3.63) is 23.8 Å². The van der Waals surface area contributed by atoms with Crippen molar-refractivity contribution in [2.75, 3.05) is 27.3 Å². The standard InChI is InChI=1S/C16H19NO5/c1-20-11-3-4-12-13(18)10-16(22-14(12)9-11)5-7-17(8-6-16)15(19)21-2/h3-4,9H,5-8,10H2,1-2H3. The molecule has 1 fully saturated rings. The average Bonchev–Trinajstić information content (AvgIpc) is 2.54. The van der Waals surface area contributed by atoms with E-state index in [4.69, 9.17) is 14.2 Å². The summed E-state index contributed by atoms with van der Waals surface area (Å²) < 4.78 is 16.1. The van der Waals surface area contributed by atoms with Crippen molar-refractivity contribution in [2.45, 2.75) is 24.9 Å². The van der Waals surface area contributed by atoms with Crippen LogP contribution < -0.4 is 9.47 Å². The highest BCUT2D eigenvalue weighted by Crippen LogP contribution is 2.40. The van der Waals surface area contributed by atoms with Crippen LogP contribution in [0.5, 0.6) is 11.5 Å². The van der Waals surface area contributed by atoms with Gasteiger partial charge in [0.1, 0.15) is 17.1 Å². The van der Waals surface area contributed by atoms with Gasteiger partial charge in [0, 0.05) is 32.0 Å². The minimum atomic E-state index is -0.527. The van der Waals surface area contributed by atoms with Crippen LogP contribution in [0.4, 0.5) is 4.79 Å². The van der Waals surface area contributed by atoms with Crippen LogP contribution in [0.2, 0.25) is 0 Å². The summed E-state index contributed by atoms with van der Waals surface area (Å²) in [6.07, 6.45) is 1.25. The third-order valence-electron chi connectivity index (χ3n) is 4.41. The summed E-state index contributed by atoms with van der Waals surface area (Å²) in [4.78, 5) is 25.6. The van der Waals surface area contributed by atoms with Crippen LogP contribution in [0.3, 0.4) is 0 Å². The number of hydrogen-bond donors (Lipinski definition) is 0. The first-order chi connectivity index (χ1) is 10.6. The number of piperidine rings is 1. The van der Waals surface area contributed by atoms with Gasteiger partial charge in [-0.15, -0.1) is 0 Å².